The molecule has 1 aromatic carbocycles. The normalized spacial score (nSPS) is 14.9. The first-order chi connectivity index (χ1) is 9.72. The van der Waals surface area contributed by atoms with Crippen molar-refractivity contribution >= 4 is 29.3 Å². The van der Waals surface area contributed by atoms with E-state index in [9.17, 15) is 9.59 Å². The van der Waals surface area contributed by atoms with E-state index < -0.39 is 0 Å². The number of hydrogen-bond donors (Lipinski definition) is 2. The molecular weight excluding hydrogens is 276 g/mol. The van der Waals surface area contributed by atoms with E-state index in [1.807, 2.05) is 35.7 Å². The molecule has 0 unspecified atom stereocenters. The zero-order valence-corrected chi connectivity index (χ0v) is 11.7. The predicted molar refractivity (Wildman–Crippen MR) is 78.7 cm³/mol. The fraction of sp³-hybridized carbons (Fsp3) is 0.286. The van der Waals surface area contributed by atoms with Crippen LogP contribution in [0.15, 0.2) is 35.7 Å². The molecule has 1 heterocycles. The fourth-order valence-electron chi connectivity index (χ4n) is 1.87. The summed E-state index contributed by atoms with van der Waals surface area (Å²) >= 11 is 1.43. The van der Waals surface area contributed by atoms with Gasteiger partial charge < -0.3 is 15.3 Å². The van der Waals surface area contributed by atoms with Crippen molar-refractivity contribution in [2.75, 3.05) is 25.4 Å². The molecule has 5 nitrogen and oxygen atoms in total. The molecule has 2 rings (SSSR count). The van der Waals surface area contributed by atoms with E-state index in [4.69, 9.17) is 5.11 Å². The first-order valence-electron chi connectivity index (χ1n) is 6.27. The molecule has 2 amide bonds. The Bertz CT molecular complexity index is 516. The van der Waals surface area contributed by atoms with Crippen molar-refractivity contribution in [2.24, 2.45) is 0 Å². The number of benzene rings is 1. The lowest BCUT2D eigenvalue weighted by Crippen LogP contribution is -2.42. The molecule has 0 aliphatic carbocycles. The molecule has 6 heteroatoms. The highest BCUT2D eigenvalue weighted by molar-refractivity contribution is 8.03. The van der Waals surface area contributed by atoms with Crippen molar-refractivity contribution < 1.29 is 14.7 Å². The molecule has 0 atom stereocenters. The van der Waals surface area contributed by atoms with Gasteiger partial charge in [-0.25, -0.2) is 0 Å². The second-order valence-electron chi connectivity index (χ2n) is 4.23. The maximum Gasteiger partial charge on any atom is 0.240 e. The lowest BCUT2D eigenvalue weighted by atomic mass is 10.1. The molecule has 0 saturated carbocycles. The summed E-state index contributed by atoms with van der Waals surface area (Å²) in [6.45, 7) is 0.0526. The van der Waals surface area contributed by atoms with Crippen molar-refractivity contribution in [3.05, 3.63) is 41.3 Å². The van der Waals surface area contributed by atoms with E-state index in [0.717, 1.165) is 11.3 Å². The Morgan fingerprint density at radius 1 is 1.35 bits per heavy atom. The number of amides is 2. The molecule has 0 bridgehead atoms. The number of hydrogen-bond acceptors (Lipinski definition) is 4. The smallest absolute Gasteiger partial charge is 0.240 e. The summed E-state index contributed by atoms with van der Waals surface area (Å²) in [4.78, 5) is 25.2. The lowest BCUT2D eigenvalue weighted by molar-refractivity contribution is -0.131. The topological polar surface area (TPSA) is 69.6 Å². The van der Waals surface area contributed by atoms with Crippen molar-refractivity contribution in [1.29, 1.82) is 0 Å². The van der Waals surface area contributed by atoms with Gasteiger partial charge in [0.15, 0.2) is 0 Å². The van der Waals surface area contributed by atoms with Gasteiger partial charge in [0.1, 0.15) is 6.54 Å². The van der Waals surface area contributed by atoms with Gasteiger partial charge in [-0.1, -0.05) is 30.3 Å². The number of nitrogens with one attached hydrogen (secondary N) is 1. The number of carbonyl (C=O) groups excluding carboxylic acids is 2. The van der Waals surface area contributed by atoms with Gasteiger partial charge >= 0.3 is 0 Å². The molecule has 0 saturated heterocycles. The van der Waals surface area contributed by atoms with Crippen LogP contribution >= 0.6 is 11.8 Å². The third-order valence-electron chi connectivity index (χ3n) is 2.80. The van der Waals surface area contributed by atoms with Gasteiger partial charge in [0.05, 0.1) is 18.1 Å². The highest BCUT2D eigenvalue weighted by Crippen LogP contribution is 2.27. The van der Waals surface area contributed by atoms with Crippen LogP contribution in [0.25, 0.3) is 5.70 Å². The van der Waals surface area contributed by atoms with Crippen molar-refractivity contribution in [2.45, 2.75) is 0 Å². The Kier molecular flexibility index (Phi) is 5.20. The van der Waals surface area contributed by atoms with Crippen LogP contribution in [0.3, 0.4) is 0 Å². The van der Waals surface area contributed by atoms with Gasteiger partial charge in [0.2, 0.25) is 11.8 Å². The summed E-state index contributed by atoms with van der Waals surface area (Å²) < 4.78 is 0. The Hall–Kier alpha value is -1.79. The average molecular weight is 292 g/mol. The van der Waals surface area contributed by atoms with Crippen LogP contribution in [0.5, 0.6) is 0 Å². The standard InChI is InChI=1S/C14H16N2O3S/c17-7-6-15-13(18)8-16-12(9-20-10-14(16)19)11-4-2-1-3-5-11/h1-5,9,17H,6-8,10H2,(H,15,18). The summed E-state index contributed by atoms with van der Waals surface area (Å²) in [6, 6.07) is 9.50. The SMILES string of the molecule is O=C(CN1C(=O)CSC=C1c1ccccc1)NCCO. The largest absolute Gasteiger partial charge is 0.395 e. The van der Waals surface area contributed by atoms with Crippen molar-refractivity contribution in [1.82, 2.24) is 10.2 Å². The molecule has 1 aromatic rings. The fourth-order valence-corrected chi connectivity index (χ4v) is 2.67. The minimum Gasteiger partial charge on any atom is -0.395 e. The summed E-state index contributed by atoms with van der Waals surface area (Å²) in [5.74, 6) is -0.0273. The van der Waals surface area contributed by atoms with Gasteiger partial charge in [-0.2, -0.15) is 0 Å². The van der Waals surface area contributed by atoms with Crippen LogP contribution in [0.2, 0.25) is 0 Å². The summed E-state index contributed by atoms with van der Waals surface area (Å²) in [6.07, 6.45) is 0. The second-order valence-corrected chi connectivity index (χ2v) is 5.09. The molecule has 1 aliphatic heterocycles. The first-order valence-corrected chi connectivity index (χ1v) is 7.32. The van der Waals surface area contributed by atoms with E-state index in [-0.39, 0.29) is 31.5 Å². The van der Waals surface area contributed by atoms with Gasteiger partial charge in [-0.15, -0.1) is 11.8 Å². The van der Waals surface area contributed by atoms with E-state index in [1.165, 1.54) is 16.7 Å². The Labute approximate surface area is 121 Å². The van der Waals surface area contributed by atoms with Gasteiger partial charge in [0, 0.05) is 6.54 Å². The average Bonchev–Trinajstić information content (AvgIpc) is 2.48. The van der Waals surface area contributed by atoms with Crippen LogP contribution in [0, 0.1) is 0 Å². The number of thioether (sulfide) groups is 1. The number of aliphatic hydroxyl groups is 1. The first kappa shape index (κ1) is 14.6. The number of nitrogens with zero attached hydrogens (tertiary/aromatic N) is 1. The van der Waals surface area contributed by atoms with E-state index >= 15 is 0 Å². The highest BCUT2D eigenvalue weighted by Gasteiger charge is 2.25. The Morgan fingerprint density at radius 2 is 2.10 bits per heavy atom. The van der Waals surface area contributed by atoms with Crippen LogP contribution < -0.4 is 5.32 Å². The van der Waals surface area contributed by atoms with E-state index in [2.05, 4.69) is 5.32 Å². The second kappa shape index (κ2) is 7.12. The zero-order valence-electron chi connectivity index (χ0n) is 10.9. The summed E-state index contributed by atoms with van der Waals surface area (Å²) in [7, 11) is 0. The van der Waals surface area contributed by atoms with Crippen LogP contribution in [-0.4, -0.2) is 47.3 Å². The maximum atomic E-state index is 12.0. The van der Waals surface area contributed by atoms with Crippen molar-refractivity contribution in [3.8, 4) is 0 Å². The lowest BCUT2D eigenvalue weighted by Gasteiger charge is -2.28. The summed E-state index contributed by atoms with van der Waals surface area (Å²) in [5.41, 5.74) is 1.65. The number of aliphatic hydroxyl groups excluding tert-OH is 1. The summed E-state index contributed by atoms with van der Waals surface area (Å²) in [5, 5.41) is 13.1. The van der Waals surface area contributed by atoms with Crippen molar-refractivity contribution in [3.63, 3.8) is 0 Å². The monoisotopic (exact) mass is 292 g/mol. The third-order valence-corrected chi connectivity index (χ3v) is 3.60. The zero-order chi connectivity index (χ0) is 14.4. The van der Waals surface area contributed by atoms with Crippen LogP contribution in [0.4, 0.5) is 0 Å². The predicted octanol–water partition coefficient (Wildman–Crippen LogP) is 0.669. The Morgan fingerprint density at radius 3 is 2.80 bits per heavy atom. The quantitative estimate of drug-likeness (QED) is 0.837. The van der Waals surface area contributed by atoms with Gasteiger partial charge in [-0.3, -0.25) is 9.59 Å². The van der Waals surface area contributed by atoms with Crippen LogP contribution in [-0.2, 0) is 9.59 Å². The number of rotatable bonds is 5. The minimum absolute atomic E-state index is 0.0277. The minimum atomic E-state index is -0.277. The molecule has 0 fully saturated rings. The molecule has 2 N–H and O–H groups in total. The van der Waals surface area contributed by atoms with E-state index in [1.54, 1.807) is 0 Å². The van der Waals surface area contributed by atoms with E-state index in [0.29, 0.717) is 5.75 Å². The molecule has 20 heavy (non-hydrogen) atoms. The molecule has 0 radical (unpaired) electrons. The molecule has 106 valence electrons. The van der Waals surface area contributed by atoms with Gasteiger partial charge in [0.25, 0.3) is 0 Å². The molecule has 0 aromatic heterocycles. The molecule has 1 aliphatic rings. The number of carbonyl (C=O) groups is 2. The molecule has 0 spiro atoms. The third kappa shape index (κ3) is 3.61. The van der Waals surface area contributed by atoms with Crippen LogP contribution in [0.1, 0.15) is 5.56 Å². The molecular formula is C14H16N2O3S. The highest BCUT2D eigenvalue weighted by atomic mass is 32.2. The maximum absolute atomic E-state index is 12.0. The Balaban J connectivity index is 2.15. The van der Waals surface area contributed by atoms with Gasteiger partial charge in [-0.05, 0) is 11.0 Å².